The largest absolute Gasteiger partial charge is 0.573 e. The van der Waals surface area contributed by atoms with E-state index in [-0.39, 0.29) is 54.1 Å². The quantitative estimate of drug-likeness (QED) is 0.596. The standard InChI is InChI=1S/C18H13F3N4O5S/c19-18(20,21)30-13-8(7-26)3-11(15-22-1-2-31-15)14-12(13)23-16(29-14)24-5-9-4-10(6-24)25(9)17(27)28/h1-3,7,9-10H,4-6H2,(H,27,28). The third-order valence-electron chi connectivity index (χ3n) is 5.33. The average molecular weight is 454 g/mol. The van der Waals surface area contributed by atoms with Gasteiger partial charge in [-0.25, -0.2) is 9.78 Å². The Kier molecular flexibility index (Phi) is 4.32. The maximum Gasteiger partial charge on any atom is 0.573 e. The number of oxazole rings is 1. The van der Waals surface area contributed by atoms with Crippen molar-refractivity contribution in [1.29, 1.82) is 0 Å². The van der Waals surface area contributed by atoms with Gasteiger partial charge in [0.2, 0.25) is 0 Å². The Labute approximate surface area is 175 Å². The van der Waals surface area contributed by atoms with Gasteiger partial charge < -0.3 is 19.2 Å². The minimum Gasteiger partial charge on any atom is -0.465 e. The van der Waals surface area contributed by atoms with E-state index in [4.69, 9.17) is 4.42 Å². The van der Waals surface area contributed by atoms with Gasteiger partial charge in [-0.1, -0.05) is 0 Å². The third kappa shape index (κ3) is 3.24. The predicted molar refractivity (Wildman–Crippen MR) is 101 cm³/mol. The van der Waals surface area contributed by atoms with Crippen LogP contribution in [-0.2, 0) is 0 Å². The predicted octanol–water partition coefficient (Wildman–Crippen LogP) is 3.60. The third-order valence-corrected chi connectivity index (χ3v) is 6.14. The van der Waals surface area contributed by atoms with Crippen LogP contribution in [0.25, 0.3) is 21.7 Å². The zero-order chi connectivity index (χ0) is 21.9. The van der Waals surface area contributed by atoms with Crippen LogP contribution in [0.3, 0.4) is 0 Å². The van der Waals surface area contributed by atoms with Gasteiger partial charge in [0.25, 0.3) is 6.01 Å². The fraction of sp³-hybridized carbons (Fsp3) is 0.333. The number of thiazole rings is 1. The number of amides is 1. The number of hydrogen-bond acceptors (Lipinski definition) is 8. The Morgan fingerprint density at radius 3 is 2.68 bits per heavy atom. The first kappa shape index (κ1) is 19.6. The van der Waals surface area contributed by atoms with Gasteiger partial charge in [0.15, 0.2) is 23.1 Å². The minimum atomic E-state index is -5.04. The second kappa shape index (κ2) is 6.83. The Hall–Kier alpha value is -3.35. The van der Waals surface area contributed by atoms with Crippen molar-refractivity contribution in [2.45, 2.75) is 24.9 Å². The van der Waals surface area contributed by atoms with Crippen molar-refractivity contribution in [2.24, 2.45) is 0 Å². The molecule has 0 spiro atoms. The van der Waals surface area contributed by atoms with E-state index < -0.39 is 18.2 Å². The molecule has 3 saturated heterocycles. The number of hydrogen-bond donors (Lipinski definition) is 1. The Morgan fingerprint density at radius 1 is 1.35 bits per heavy atom. The van der Waals surface area contributed by atoms with E-state index >= 15 is 0 Å². The van der Waals surface area contributed by atoms with Crippen molar-refractivity contribution >= 4 is 40.8 Å². The maximum atomic E-state index is 13.0. The van der Waals surface area contributed by atoms with Crippen LogP contribution >= 0.6 is 11.3 Å². The summed E-state index contributed by atoms with van der Waals surface area (Å²) in [6.07, 6.45) is -3.58. The lowest BCUT2D eigenvalue weighted by Crippen LogP contribution is -2.70. The number of anilines is 1. The number of piperazine rings is 1. The van der Waals surface area contributed by atoms with E-state index in [1.165, 1.54) is 28.5 Å². The minimum absolute atomic E-state index is 0.00383. The normalized spacial score (nSPS) is 20.6. The van der Waals surface area contributed by atoms with E-state index in [1.807, 2.05) is 0 Å². The molecule has 1 N–H and O–H groups in total. The summed E-state index contributed by atoms with van der Waals surface area (Å²) in [6.45, 7) is 0.580. The fourth-order valence-electron chi connectivity index (χ4n) is 4.11. The number of carbonyl (C=O) groups is 2. The Morgan fingerprint density at radius 2 is 2.10 bits per heavy atom. The van der Waals surface area contributed by atoms with Gasteiger partial charge in [-0.05, 0) is 12.5 Å². The first-order valence-electron chi connectivity index (χ1n) is 9.09. The molecule has 3 aliphatic heterocycles. The number of ether oxygens (including phenoxy) is 1. The molecule has 13 heteroatoms. The van der Waals surface area contributed by atoms with Crippen molar-refractivity contribution in [3.05, 3.63) is 23.2 Å². The average Bonchev–Trinajstić information content (AvgIpc) is 3.37. The summed E-state index contributed by atoms with van der Waals surface area (Å²) in [5.74, 6) is -0.748. The molecule has 0 radical (unpaired) electrons. The van der Waals surface area contributed by atoms with Gasteiger partial charge in [0, 0.05) is 24.7 Å². The topological polar surface area (TPSA) is 109 Å². The van der Waals surface area contributed by atoms with Gasteiger partial charge in [0.1, 0.15) is 5.01 Å². The molecule has 2 atom stereocenters. The molecular formula is C18H13F3N4O5S. The maximum absolute atomic E-state index is 13.0. The number of aldehydes is 1. The number of carboxylic acid groups (broad SMARTS) is 1. The number of carbonyl (C=O) groups excluding carboxylic acids is 1. The van der Waals surface area contributed by atoms with Crippen molar-refractivity contribution in [1.82, 2.24) is 14.9 Å². The number of rotatable bonds is 4. The molecule has 31 heavy (non-hydrogen) atoms. The highest BCUT2D eigenvalue weighted by Gasteiger charge is 2.48. The van der Waals surface area contributed by atoms with E-state index in [9.17, 15) is 27.9 Å². The zero-order valence-electron chi connectivity index (χ0n) is 15.5. The molecule has 2 aromatic heterocycles. The van der Waals surface area contributed by atoms with Crippen LogP contribution in [-0.4, -0.2) is 63.9 Å². The summed E-state index contributed by atoms with van der Waals surface area (Å²) < 4.78 is 49.0. The van der Waals surface area contributed by atoms with Crippen molar-refractivity contribution < 1.29 is 37.0 Å². The second-order valence-corrected chi connectivity index (χ2v) is 8.05. The van der Waals surface area contributed by atoms with E-state index in [0.29, 0.717) is 17.0 Å². The van der Waals surface area contributed by atoms with Crippen LogP contribution in [0.1, 0.15) is 16.8 Å². The number of halogens is 3. The molecule has 0 aliphatic carbocycles. The highest BCUT2D eigenvalue weighted by Crippen LogP contribution is 2.43. The molecule has 1 amide bonds. The molecule has 3 aromatic rings. The number of fused-ring (bicyclic) bond motifs is 3. The van der Waals surface area contributed by atoms with Gasteiger partial charge in [0.05, 0.1) is 23.2 Å². The van der Waals surface area contributed by atoms with Gasteiger partial charge >= 0.3 is 12.5 Å². The lowest BCUT2D eigenvalue weighted by Gasteiger charge is -2.54. The summed E-state index contributed by atoms with van der Waals surface area (Å²) >= 11 is 1.22. The summed E-state index contributed by atoms with van der Waals surface area (Å²) in [7, 11) is 0. The molecule has 1 aromatic carbocycles. The number of piperidine rings is 1. The lowest BCUT2D eigenvalue weighted by molar-refractivity contribution is -0.274. The van der Waals surface area contributed by atoms with E-state index in [1.54, 1.807) is 10.3 Å². The van der Waals surface area contributed by atoms with Gasteiger partial charge in [-0.15, -0.1) is 24.5 Å². The van der Waals surface area contributed by atoms with Gasteiger partial charge in [-0.2, -0.15) is 4.98 Å². The second-order valence-electron chi connectivity index (χ2n) is 7.16. The zero-order valence-corrected chi connectivity index (χ0v) is 16.3. The van der Waals surface area contributed by atoms with Crippen LogP contribution in [0, 0.1) is 0 Å². The number of alkyl halides is 3. The molecule has 162 valence electrons. The first-order chi connectivity index (χ1) is 14.7. The molecule has 3 fully saturated rings. The summed E-state index contributed by atoms with van der Waals surface area (Å²) in [5, 5.41) is 11.4. The summed E-state index contributed by atoms with van der Waals surface area (Å²) in [6, 6.07) is 0.759. The van der Waals surface area contributed by atoms with Crippen LogP contribution in [0.15, 0.2) is 22.1 Å². The molecule has 0 saturated carbocycles. The lowest BCUT2D eigenvalue weighted by atomic mass is 9.88. The first-order valence-corrected chi connectivity index (χ1v) is 9.97. The molecule has 2 bridgehead atoms. The molecule has 3 aliphatic rings. The highest BCUT2D eigenvalue weighted by molar-refractivity contribution is 7.13. The van der Waals surface area contributed by atoms with Crippen LogP contribution in [0.2, 0.25) is 0 Å². The fourth-order valence-corrected chi connectivity index (χ4v) is 4.76. The van der Waals surface area contributed by atoms with Crippen molar-refractivity contribution in [2.75, 3.05) is 18.0 Å². The van der Waals surface area contributed by atoms with Crippen LogP contribution < -0.4 is 9.64 Å². The summed E-state index contributed by atoms with van der Waals surface area (Å²) in [5.41, 5.74) is -0.274. The SMILES string of the molecule is O=Cc1cc(-c2nccs2)c2oc(N3CC4CC(C3)N4C(=O)O)nc2c1OC(F)(F)F. The van der Waals surface area contributed by atoms with Gasteiger partial charge in [-0.3, -0.25) is 9.69 Å². The molecule has 5 heterocycles. The number of aromatic nitrogens is 2. The van der Waals surface area contributed by atoms with Crippen LogP contribution in [0.4, 0.5) is 24.0 Å². The molecule has 9 nitrogen and oxygen atoms in total. The number of benzene rings is 1. The smallest absolute Gasteiger partial charge is 0.465 e. The van der Waals surface area contributed by atoms with Crippen molar-refractivity contribution in [3.8, 4) is 16.3 Å². The Balaban J connectivity index is 1.62. The summed E-state index contributed by atoms with van der Waals surface area (Å²) in [4.78, 5) is 34.2. The van der Waals surface area contributed by atoms with E-state index in [0.717, 1.165) is 0 Å². The van der Waals surface area contributed by atoms with Crippen molar-refractivity contribution in [3.63, 3.8) is 0 Å². The molecular weight excluding hydrogens is 441 g/mol. The molecule has 2 unspecified atom stereocenters. The highest BCUT2D eigenvalue weighted by atomic mass is 32.1. The monoisotopic (exact) mass is 454 g/mol. The molecule has 6 rings (SSSR count). The number of nitrogens with zero attached hydrogens (tertiary/aromatic N) is 4. The van der Waals surface area contributed by atoms with Crippen LogP contribution in [0.5, 0.6) is 5.75 Å². The van der Waals surface area contributed by atoms with E-state index in [2.05, 4.69) is 14.7 Å². The Bertz CT molecular complexity index is 1170.